The van der Waals surface area contributed by atoms with Crippen molar-refractivity contribution in [1.82, 2.24) is 5.32 Å². The number of hydrogen-bond acceptors (Lipinski definition) is 4. The standard InChI is InChI=1S/C19H21F3N2O3/c1-12(18(23)25)24-10-14-5-8-16(17(9-14)26-2)27-11-13-3-6-15(7-4-13)19(20,21)22/h3-9,12,24H,10-11H2,1-2H3,(H2,23,25)/t12-/m0/s1. The summed E-state index contributed by atoms with van der Waals surface area (Å²) in [4.78, 5) is 11.0. The van der Waals surface area contributed by atoms with Gasteiger partial charge in [-0.3, -0.25) is 4.79 Å². The first kappa shape index (κ1) is 20.6. The number of rotatable bonds is 8. The molecule has 146 valence electrons. The van der Waals surface area contributed by atoms with Gasteiger partial charge in [0, 0.05) is 6.54 Å². The van der Waals surface area contributed by atoms with E-state index in [0.717, 1.165) is 17.7 Å². The lowest BCUT2D eigenvalue weighted by Gasteiger charge is -2.14. The van der Waals surface area contributed by atoms with Gasteiger partial charge in [0.15, 0.2) is 11.5 Å². The van der Waals surface area contributed by atoms with Crippen LogP contribution < -0.4 is 20.5 Å². The third kappa shape index (κ3) is 5.89. The number of halogens is 3. The average molecular weight is 382 g/mol. The average Bonchev–Trinajstić information content (AvgIpc) is 2.64. The van der Waals surface area contributed by atoms with Crippen LogP contribution in [0.4, 0.5) is 13.2 Å². The molecule has 0 unspecified atom stereocenters. The fourth-order valence-corrected chi connectivity index (χ4v) is 2.26. The summed E-state index contributed by atoms with van der Waals surface area (Å²) in [6.45, 7) is 2.19. The lowest BCUT2D eigenvalue weighted by molar-refractivity contribution is -0.137. The molecule has 0 aliphatic carbocycles. The summed E-state index contributed by atoms with van der Waals surface area (Å²) in [6.07, 6.45) is -4.36. The quantitative estimate of drug-likeness (QED) is 0.735. The van der Waals surface area contributed by atoms with E-state index in [2.05, 4.69) is 5.32 Å². The number of nitrogens with one attached hydrogen (secondary N) is 1. The van der Waals surface area contributed by atoms with Crippen molar-refractivity contribution in [3.05, 3.63) is 59.2 Å². The van der Waals surface area contributed by atoms with Crippen molar-refractivity contribution in [2.45, 2.75) is 32.3 Å². The van der Waals surface area contributed by atoms with E-state index in [4.69, 9.17) is 15.2 Å². The Morgan fingerprint density at radius 2 is 1.74 bits per heavy atom. The van der Waals surface area contributed by atoms with Crippen LogP contribution in [0.2, 0.25) is 0 Å². The van der Waals surface area contributed by atoms with E-state index in [0.29, 0.717) is 23.6 Å². The number of ether oxygens (including phenoxy) is 2. The molecule has 2 rings (SSSR count). The van der Waals surface area contributed by atoms with Gasteiger partial charge in [-0.25, -0.2) is 0 Å². The van der Waals surface area contributed by atoms with E-state index < -0.39 is 23.7 Å². The smallest absolute Gasteiger partial charge is 0.416 e. The van der Waals surface area contributed by atoms with Crippen LogP contribution in [0.15, 0.2) is 42.5 Å². The summed E-state index contributed by atoms with van der Waals surface area (Å²) in [5.41, 5.74) is 5.96. The Balaban J connectivity index is 2.01. The highest BCUT2D eigenvalue weighted by atomic mass is 19.4. The number of alkyl halides is 3. The first-order valence-corrected chi connectivity index (χ1v) is 8.19. The second-order valence-electron chi connectivity index (χ2n) is 5.97. The number of carbonyl (C=O) groups excluding carboxylic acids is 1. The van der Waals surface area contributed by atoms with E-state index in [1.165, 1.54) is 19.2 Å². The highest BCUT2D eigenvalue weighted by Gasteiger charge is 2.29. The molecule has 5 nitrogen and oxygen atoms in total. The molecule has 0 heterocycles. The zero-order valence-electron chi connectivity index (χ0n) is 15.0. The molecule has 0 saturated carbocycles. The minimum atomic E-state index is -4.36. The number of nitrogens with two attached hydrogens (primary N) is 1. The fraction of sp³-hybridized carbons (Fsp3) is 0.316. The number of benzene rings is 2. The summed E-state index contributed by atoms with van der Waals surface area (Å²) in [5.74, 6) is 0.496. The Hall–Kier alpha value is -2.74. The van der Waals surface area contributed by atoms with Gasteiger partial charge in [0.25, 0.3) is 0 Å². The lowest BCUT2D eigenvalue weighted by atomic mass is 10.1. The lowest BCUT2D eigenvalue weighted by Crippen LogP contribution is -2.38. The summed E-state index contributed by atoms with van der Waals surface area (Å²) in [5, 5.41) is 2.98. The topological polar surface area (TPSA) is 73.6 Å². The molecule has 0 aliphatic heterocycles. The number of amides is 1. The van der Waals surface area contributed by atoms with Gasteiger partial charge in [-0.1, -0.05) is 18.2 Å². The molecule has 8 heteroatoms. The van der Waals surface area contributed by atoms with Crippen LogP contribution in [-0.4, -0.2) is 19.1 Å². The molecule has 2 aromatic carbocycles. The van der Waals surface area contributed by atoms with Crippen LogP contribution in [-0.2, 0) is 24.1 Å². The van der Waals surface area contributed by atoms with Crippen LogP contribution in [0.1, 0.15) is 23.6 Å². The summed E-state index contributed by atoms with van der Waals surface area (Å²) in [7, 11) is 1.49. The van der Waals surface area contributed by atoms with Crippen LogP contribution in [0.3, 0.4) is 0 Å². The zero-order valence-corrected chi connectivity index (χ0v) is 15.0. The molecular formula is C19H21F3N2O3. The maximum atomic E-state index is 12.6. The minimum absolute atomic E-state index is 0.102. The number of methoxy groups -OCH3 is 1. The molecule has 27 heavy (non-hydrogen) atoms. The molecule has 3 N–H and O–H groups in total. The van der Waals surface area contributed by atoms with Crippen molar-refractivity contribution < 1.29 is 27.4 Å². The SMILES string of the molecule is COc1cc(CN[C@@H](C)C(N)=O)ccc1OCc1ccc(C(F)(F)F)cc1. The molecule has 2 aromatic rings. The molecular weight excluding hydrogens is 361 g/mol. The van der Waals surface area contributed by atoms with E-state index in [-0.39, 0.29) is 6.61 Å². The van der Waals surface area contributed by atoms with Crippen molar-refractivity contribution in [3.8, 4) is 11.5 Å². The number of hydrogen-bond donors (Lipinski definition) is 2. The van der Waals surface area contributed by atoms with Gasteiger partial charge in [-0.2, -0.15) is 13.2 Å². The maximum absolute atomic E-state index is 12.6. The summed E-state index contributed by atoms with van der Waals surface area (Å²) < 4.78 is 48.7. The van der Waals surface area contributed by atoms with Gasteiger partial charge < -0.3 is 20.5 Å². The molecule has 0 radical (unpaired) electrons. The summed E-state index contributed by atoms with van der Waals surface area (Å²) >= 11 is 0. The summed E-state index contributed by atoms with van der Waals surface area (Å²) in [6, 6.07) is 9.57. The van der Waals surface area contributed by atoms with E-state index in [1.807, 2.05) is 0 Å². The first-order valence-electron chi connectivity index (χ1n) is 8.19. The third-order valence-electron chi connectivity index (χ3n) is 3.94. The van der Waals surface area contributed by atoms with Crippen molar-refractivity contribution in [3.63, 3.8) is 0 Å². The van der Waals surface area contributed by atoms with Crippen LogP contribution in [0.25, 0.3) is 0 Å². The largest absolute Gasteiger partial charge is 0.493 e. The fourth-order valence-electron chi connectivity index (χ4n) is 2.26. The van der Waals surface area contributed by atoms with E-state index in [9.17, 15) is 18.0 Å². The van der Waals surface area contributed by atoms with Gasteiger partial charge in [0.2, 0.25) is 5.91 Å². The molecule has 0 saturated heterocycles. The molecule has 0 bridgehead atoms. The predicted molar refractivity (Wildman–Crippen MR) is 94.3 cm³/mol. The molecule has 0 aliphatic rings. The van der Waals surface area contributed by atoms with Gasteiger partial charge >= 0.3 is 6.18 Å². The maximum Gasteiger partial charge on any atom is 0.416 e. The van der Waals surface area contributed by atoms with Crippen LogP contribution in [0.5, 0.6) is 11.5 Å². The van der Waals surface area contributed by atoms with Gasteiger partial charge in [0.1, 0.15) is 6.61 Å². The first-order chi connectivity index (χ1) is 12.7. The minimum Gasteiger partial charge on any atom is -0.493 e. The van der Waals surface area contributed by atoms with E-state index in [1.54, 1.807) is 25.1 Å². The Bertz CT molecular complexity index is 777. The van der Waals surface area contributed by atoms with Crippen molar-refractivity contribution in [2.24, 2.45) is 5.73 Å². The van der Waals surface area contributed by atoms with Gasteiger partial charge in [0.05, 0.1) is 18.7 Å². The van der Waals surface area contributed by atoms with Crippen LogP contribution >= 0.6 is 0 Å². The monoisotopic (exact) mass is 382 g/mol. The van der Waals surface area contributed by atoms with Crippen molar-refractivity contribution >= 4 is 5.91 Å². The third-order valence-corrected chi connectivity index (χ3v) is 3.94. The van der Waals surface area contributed by atoms with Gasteiger partial charge in [-0.05, 0) is 42.3 Å². The Morgan fingerprint density at radius 1 is 1.11 bits per heavy atom. The van der Waals surface area contributed by atoms with Crippen molar-refractivity contribution in [1.29, 1.82) is 0 Å². The van der Waals surface area contributed by atoms with E-state index >= 15 is 0 Å². The Labute approximate surface area is 155 Å². The zero-order chi connectivity index (χ0) is 20.0. The molecule has 0 aromatic heterocycles. The van der Waals surface area contributed by atoms with Gasteiger partial charge in [-0.15, -0.1) is 0 Å². The van der Waals surface area contributed by atoms with Crippen LogP contribution in [0, 0.1) is 0 Å². The Morgan fingerprint density at radius 3 is 2.30 bits per heavy atom. The second-order valence-corrected chi connectivity index (χ2v) is 5.97. The van der Waals surface area contributed by atoms with Crippen molar-refractivity contribution in [2.75, 3.05) is 7.11 Å². The second kappa shape index (κ2) is 8.77. The molecule has 0 spiro atoms. The number of primary amides is 1. The Kier molecular flexibility index (Phi) is 6.68. The number of carbonyl (C=O) groups is 1. The molecule has 1 amide bonds. The normalized spacial score (nSPS) is 12.5. The predicted octanol–water partition coefficient (Wildman–Crippen LogP) is 3.26. The highest BCUT2D eigenvalue weighted by molar-refractivity contribution is 5.79. The molecule has 1 atom stereocenters. The highest BCUT2D eigenvalue weighted by Crippen LogP contribution is 2.31. The molecule has 0 fully saturated rings.